The highest BCUT2D eigenvalue weighted by molar-refractivity contribution is 7.15. The van der Waals surface area contributed by atoms with Crippen LogP contribution < -0.4 is 10.6 Å². The van der Waals surface area contributed by atoms with Crippen LogP contribution in [0.4, 0.5) is 5.13 Å². The molecule has 2 aromatic carbocycles. The fourth-order valence-corrected chi connectivity index (χ4v) is 4.99. The predicted octanol–water partition coefficient (Wildman–Crippen LogP) is 2.60. The van der Waals surface area contributed by atoms with E-state index in [2.05, 4.69) is 43.1 Å². The van der Waals surface area contributed by atoms with E-state index in [0.29, 0.717) is 27.8 Å². The number of rotatable bonds is 6. The fourth-order valence-electron chi connectivity index (χ4n) is 3.90. The first-order chi connectivity index (χ1) is 17.0. The van der Waals surface area contributed by atoms with E-state index in [1.54, 1.807) is 48.0 Å². The number of benzene rings is 2. The minimum Gasteiger partial charge on any atom is -0.348 e. The summed E-state index contributed by atoms with van der Waals surface area (Å²) in [6, 6.07) is 14.3. The first kappa shape index (κ1) is 22.8. The van der Waals surface area contributed by atoms with Crippen molar-refractivity contribution >= 4 is 28.3 Å². The topological polar surface area (TPSA) is 118 Å². The molecule has 0 saturated heterocycles. The van der Waals surface area contributed by atoms with Crippen LogP contribution in [0.5, 0.6) is 0 Å². The third-order valence-corrected chi connectivity index (χ3v) is 6.76. The summed E-state index contributed by atoms with van der Waals surface area (Å²) >= 11 is 1.52. The lowest BCUT2D eigenvalue weighted by atomic mass is 10.1. The van der Waals surface area contributed by atoms with Gasteiger partial charge >= 0.3 is 0 Å². The largest absolute Gasteiger partial charge is 0.348 e. The minimum atomic E-state index is -0.231. The van der Waals surface area contributed by atoms with Crippen molar-refractivity contribution in [2.24, 2.45) is 0 Å². The van der Waals surface area contributed by atoms with Crippen molar-refractivity contribution in [3.05, 3.63) is 81.6 Å². The van der Waals surface area contributed by atoms with E-state index < -0.39 is 0 Å². The second-order valence-electron chi connectivity index (χ2n) is 8.40. The summed E-state index contributed by atoms with van der Waals surface area (Å²) < 4.78 is 1.57. The quantitative estimate of drug-likeness (QED) is 0.428. The number of aryl methyl sites for hydroxylation is 1. The Balaban J connectivity index is 1.22. The van der Waals surface area contributed by atoms with Crippen LogP contribution in [0, 0.1) is 6.92 Å². The Labute approximate surface area is 206 Å². The van der Waals surface area contributed by atoms with Crippen LogP contribution in [0.1, 0.15) is 42.7 Å². The van der Waals surface area contributed by atoms with Gasteiger partial charge in [-0.15, -0.1) is 16.4 Å². The average molecular weight is 489 g/mol. The van der Waals surface area contributed by atoms with Crippen molar-refractivity contribution in [3.63, 3.8) is 0 Å². The van der Waals surface area contributed by atoms with Crippen molar-refractivity contribution in [3.8, 4) is 5.69 Å². The normalized spacial score (nSPS) is 13.3. The summed E-state index contributed by atoms with van der Waals surface area (Å²) in [5.74, 6) is 0.177. The number of likely N-dealkylation sites (N-methyl/N-ethyl adjacent to an activating group) is 1. The lowest BCUT2D eigenvalue weighted by Crippen LogP contribution is -2.25. The van der Waals surface area contributed by atoms with Gasteiger partial charge in [-0.05, 0) is 60.3 Å². The number of fused-ring (bicyclic) bond motifs is 1. The summed E-state index contributed by atoms with van der Waals surface area (Å²) in [7, 11) is 2.08. The number of anilines is 1. The minimum absolute atomic E-state index is 0.220. The van der Waals surface area contributed by atoms with Gasteiger partial charge in [0, 0.05) is 42.1 Å². The van der Waals surface area contributed by atoms with Crippen molar-refractivity contribution in [1.29, 1.82) is 0 Å². The molecule has 0 fully saturated rings. The van der Waals surface area contributed by atoms with E-state index >= 15 is 0 Å². The SMILES string of the molecule is Cc1nnnn1-c1cccc(C(=O)NCc2cccc(C(=O)Nc3nc4c(s3)CN(C)CC4)c2)c1. The zero-order valence-corrected chi connectivity index (χ0v) is 20.2. The monoisotopic (exact) mass is 488 g/mol. The number of hydrogen-bond acceptors (Lipinski definition) is 8. The second kappa shape index (κ2) is 9.72. The number of thiazole rings is 1. The number of tetrazole rings is 1. The molecule has 178 valence electrons. The second-order valence-corrected chi connectivity index (χ2v) is 9.49. The first-order valence-corrected chi connectivity index (χ1v) is 12.0. The Bertz CT molecular complexity index is 1400. The Morgan fingerprint density at radius 1 is 1.09 bits per heavy atom. The smallest absolute Gasteiger partial charge is 0.257 e. The zero-order valence-electron chi connectivity index (χ0n) is 19.4. The van der Waals surface area contributed by atoms with Gasteiger partial charge in [0.1, 0.15) is 0 Å². The molecule has 1 aliphatic heterocycles. The van der Waals surface area contributed by atoms with Gasteiger partial charge < -0.3 is 10.2 Å². The van der Waals surface area contributed by atoms with Gasteiger partial charge in [0.25, 0.3) is 11.8 Å². The highest BCUT2D eigenvalue weighted by atomic mass is 32.1. The Morgan fingerprint density at radius 3 is 2.69 bits per heavy atom. The predicted molar refractivity (Wildman–Crippen MR) is 132 cm³/mol. The average Bonchev–Trinajstić information content (AvgIpc) is 3.47. The van der Waals surface area contributed by atoms with Crippen molar-refractivity contribution in [1.82, 2.24) is 35.4 Å². The standard InChI is InChI=1S/C24H24N8O2S/c1-15-28-29-30-32(15)19-8-4-7-18(12-19)22(33)25-13-16-5-3-6-17(11-16)23(34)27-24-26-20-9-10-31(2)14-21(20)35-24/h3-8,11-12H,9-10,13-14H2,1-2H3,(H,25,33)(H,26,27,34). The first-order valence-electron chi connectivity index (χ1n) is 11.2. The van der Waals surface area contributed by atoms with Gasteiger partial charge in [-0.2, -0.15) is 4.68 Å². The molecule has 0 aliphatic carbocycles. The molecular weight excluding hydrogens is 464 g/mol. The highest BCUT2D eigenvalue weighted by Crippen LogP contribution is 2.28. The number of aromatic nitrogens is 5. The van der Waals surface area contributed by atoms with Gasteiger partial charge in [0.05, 0.1) is 11.4 Å². The van der Waals surface area contributed by atoms with Crippen molar-refractivity contribution < 1.29 is 9.59 Å². The van der Waals surface area contributed by atoms with Gasteiger partial charge in [0.2, 0.25) is 0 Å². The number of nitrogens with zero attached hydrogens (tertiary/aromatic N) is 6. The zero-order chi connectivity index (χ0) is 24.4. The molecule has 10 nitrogen and oxygen atoms in total. The van der Waals surface area contributed by atoms with Crippen LogP contribution >= 0.6 is 11.3 Å². The number of carbonyl (C=O) groups is 2. The van der Waals surface area contributed by atoms with Crippen molar-refractivity contribution in [2.75, 3.05) is 18.9 Å². The summed E-state index contributed by atoms with van der Waals surface area (Å²) in [4.78, 5) is 33.6. The summed E-state index contributed by atoms with van der Waals surface area (Å²) in [5.41, 5.74) is 3.59. The maximum atomic E-state index is 12.8. The highest BCUT2D eigenvalue weighted by Gasteiger charge is 2.19. The third-order valence-electron chi connectivity index (χ3n) is 5.76. The van der Waals surface area contributed by atoms with Gasteiger partial charge in [-0.3, -0.25) is 14.9 Å². The molecule has 3 heterocycles. The van der Waals surface area contributed by atoms with Gasteiger partial charge in [0.15, 0.2) is 11.0 Å². The van der Waals surface area contributed by atoms with E-state index in [1.807, 2.05) is 12.1 Å². The number of amides is 2. The lowest BCUT2D eigenvalue weighted by molar-refractivity contribution is 0.0950. The molecule has 1 aliphatic rings. The van der Waals surface area contributed by atoms with E-state index in [1.165, 1.54) is 16.2 Å². The molecular formula is C24H24N8O2S. The Hall–Kier alpha value is -3.96. The van der Waals surface area contributed by atoms with Crippen LogP contribution in [-0.2, 0) is 19.5 Å². The summed E-state index contributed by atoms with van der Waals surface area (Å²) in [6.07, 6.45) is 0.894. The number of hydrogen-bond donors (Lipinski definition) is 2. The molecule has 0 unspecified atom stereocenters. The molecule has 0 spiro atoms. The van der Waals surface area contributed by atoms with Gasteiger partial charge in [-0.1, -0.05) is 18.2 Å². The van der Waals surface area contributed by atoms with Crippen LogP contribution in [0.25, 0.3) is 5.69 Å². The van der Waals surface area contributed by atoms with E-state index in [-0.39, 0.29) is 18.4 Å². The molecule has 35 heavy (non-hydrogen) atoms. The summed E-state index contributed by atoms with van der Waals surface area (Å²) in [6.45, 7) is 3.90. The molecule has 5 rings (SSSR count). The molecule has 0 atom stereocenters. The maximum absolute atomic E-state index is 12.8. The summed E-state index contributed by atoms with van der Waals surface area (Å²) in [5, 5.41) is 17.9. The molecule has 0 radical (unpaired) electrons. The van der Waals surface area contributed by atoms with E-state index in [4.69, 9.17) is 0 Å². The van der Waals surface area contributed by atoms with E-state index in [9.17, 15) is 9.59 Å². The fraction of sp³-hybridized carbons (Fsp3) is 0.250. The Kier molecular flexibility index (Phi) is 6.34. The van der Waals surface area contributed by atoms with Crippen LogP contribution in [0.15, 0.2) is 48.5 Å². The lowest BCUT2D eigenvalue weighted by Gasteiger charge is -2.20. The third kappa shape index (κ3) is 5.10. The molecule has 2 aromatic heterocycles. The molecule has 0 bridgehead atoms. The van der Waals surface area contributed by atoms with Gasteiger partial charge in [-0.25, -0.2) is 4.98 Å². The molecule has 0 saturated carbocycles. The van der Waals surface area contributed by atoms with E-state index in [0.717, 1.165) is 30.8 Å². The van der Waals surface area contributed by atoms with Crippen LogP contribution in [-0.4, -0.2) is 55.5 Å². The molecule has 11 heteroatoms. The van der Waals surface area contributed by atoms with Crippen molar-refractivity contribution in [2.45, 2.75) is 26.4 Å². The molecule has 2 N–H and O–H groups in total. The Morgan fingerprint density at radius 2 is 1.89 bits per heavy atom. The number of carbonyl (C=O) groups excluding carboxylic acids is 2. The van der Waals surface area contributed by atoms with Crippen LogP contribution in [0.2, 0.25) is 0 Å². The molecule has 4 aromatic rings. The number of nitrogens with one attached hydrogen (secondary N) is 2. The molecule has 2 amide bonds. The maximum Gasteiger partial charge on any atom is 0.257 e. The van der Waals surface area contributed by atoms with Crippen LogP contribution in [0.3, 0.4) is 0 Å².